The van der Waals surface area contributed by atoms with Crippen LogP contribution < -0.4 is 5.32 Å². The molecule has 0 saturated carbocycles. The molecule has 0 aliphatic carbocycles. The Labute approximate surface area is 113 Å². The minimum Gasteiger partial charge on any atom is -0.481 e. The molecule has 2 aliphatic heterocycles. The lowest BCUT2D eigenvalue weighted by Gasteiger charge is -2.41. The number of hydrogen-bond donors (Lipinski definition) is 2. The van der Waals surface area contributed by atoms with Gasteiger partial charge in [-0.1, -0.05) is 0 Å². The molecule has 0 aromatic rings. The Morgan fingerprint density at radius 3 is 2.58 bits per heavy atom. The number of carboxylic acids is 1. The van der Waals surface area contributed by atoms with Crippen LogP contribution in [-0.4, -0.2) is 60.3 Å². The number of amides is 1. The maximum atomic E-state index is 12.1. The van der Waals surface area contributed by atoms with Crippen LogP contribution >= 0.6 is 0 Å². The molecule has 2 fully saturated rings. The summed E-state index contributed by atoms with van der Waals surface area (Å²) in [5.41, 5.74) is -1.07. The molecule has 2 rings (SSSR count). The Bertz CT molecular complexity index is 381. The van der Waals surface area contributed by atoms with Gasteiger partial charge >= 0.3 is 5.97 Å². The number of carbonyl (C=O) groups is 2. The fraction of sp³-hybridized carbons (Fsp3) is 0.846. The molecule has 1 atom stereocenters. The monoisotopic (exact) mass is 270 g/mol. The quantitative estimate of drug-likeness (QED) is 0.756. The van der Waals surface area contributed by atoms with Crippen LogP contribution in [0.5, 0.6) is 0 Å². The van der Waals surface area contributed by atoms with Crippen molar-refractivity contribution < 1.29 is 19.4 Å². The highest BCUT2D eigenvalue weighted by molar-refractivity contribution is 5.80. The minimum absolute atomic E-state index is 0.0356. The Kier molecular flexibility index (Phi) is 3.82. The van der Waals surface area contributed by atoms with Crippen molar-refractivity contribution in [2.24, 2.45) is 5.41 Å². The largest absolute Gasteiger partial charge is 0.481 e. The first-order valence-electron chi connectivity index (χ1n) is 6.71. The average Bonchev–Trinajstić information content (AvgIpc) is 2.33. The van der Waals surface area contributed by atoms with Gasteiger partial charge in [0.1, 0.15) is 6.61 Å². The van der Waals surface area contributed by atoms with Crippen LogP contribution in [0.15, 0.2) is 0 Å². The number of nitrogens with one attached hydrogen (secondary N) is 1. The molecule has 0 aromatic carbocycles. The lowest BCUT2D eigenvalue weighted by molar-refractivity contribution is -0.157. The van der Waals surface area contributed by atoms with E-state index in [-0.39, 0.29) is 24.7 Å². The van der Waals surface area contributed by atoms with E-state index in [1.54, 1.807) is 11.8 Å². The predicted molar refractivity (Wildman–Crippen MR) is 68.8 cm³/mol. The normalized spacial score (nSPS) is 29.7. The van der Waals surface area contributed by atoms with Gasteiger partial charge in [0, 0.05) is 26.2 Å². The maximum absolute atomic E-state index is 12.1. The van der Waals surface area contributed by atoms with Crippen molar-refractivity contribution in [3.05, 3.63) is 0 Å². The van der Waals surface area contributed by atoms with Crippen molar-refractivity contribution in [2.45, 2.75) is 32.3 Å². The lowest BCUT2D eigenvalue weighted by Crippen LogP contribution is -2.60. The van der Waals surface area contributed by atoms with Crippen LogP contribution in [0.4, 0.5) is 0 Å². The second-order valence-corrected chi connectivity index (χ2v) is 6.13. The summed E-state index contributed by atoms with van der Waals surface area (Å²) in [7, 11) is 0. The second kappa shape index (κ2) is 5.09. The summed E-state index contributed by atoms with van der Waals surface area (Å²) in [4.78, 5) is 24.9. The molecular weight excluding hydrogens is 248 g/mol. The summed E-state index contributed by atoms with van der Waals surface area (Å²) in [5, 5.41) is 12.3. The minimum atomic E-state index is -0.832. The van der Waals surface area contributed by atoms with Gasteiger partial charge < -0.3 is 20.1 Å². The van der Waals surface area contributed by atoms with Gasteiger partial charge in [0.2, 0.25) is 5.91 Å². The molecule has 2 N–H and O–H groups in total. The number of rotatable bonds is 4. The number of likely N-dealkylation sites (tertiary alicyclic amines) is 1. The summed E-state index contributed by atoms with van der Waals surface area (Å²) >= 11 is 0. The number of nitrogens with zero attached hydrogens (tertiary/aromatic N) is 1. The summed E-state index contributed by atoms with van der Waals surface area (Å²) in [6.45, 7) is 6.12. The third-order valence-electron chi connectivity index (χ3n) is 4.11. The molecule has 1 unspecified atom stereocenters. The first-order valence-corrected chi connectivity index (χ1v) is 6.71. The molecule has 6 nitrogen and oxygen atoms in total. The van der Waals surface area contributed by atoms with Gasteiger partial charge in [-0.05, 0) is 26.7 Å². The van der Waals surface area contributed by atoms with E-state index in [0.717, 1.165) is 19.5 Å². The van der Waals surface area contributed by atoms with Crippen LogP contribution in [0.25, 0.3) is 0 Å². The van der Waals surface area contributed by atoms with Gasteiger partial charge in [0.25, 0.3) is 0 Å². The number of hydrogen-bond acceptors (Lipinski definition) is 4. The number of carboxylic acid groups (broad SMARTS) is 1. The molecule has 6 heteroatoms. The molecule has 1 amide bonds. The zero-order valence-electron chi connectivity index (χ0n) is 11.6. The van der Waals surface area contributed by atoms with E-state index in [4.69, 9.17) is 4.74 Å². The summed E-state index contributed by atoms with van der Waals surface area (Å²) < 4.78 is 5.61. The number of aliphatic carboxylic acids is 1. The number of carbonyl (C=O) groups excluding carboxylic acids is 1. The van der Waals surface area contributed by atoms with E-state index < -0.39 is 11.4 Å². The summed E-state index contributed by atoms with van der Waals surface area (Å²) in [6, 6.07) is 0. The van der Waals surface area contributed by atoms with Crippen molar-refractivity contribution in [1.29, 1.82) is 0 Å². The average molecular weight is 270 g/mol. The van der Waals surface area contributed by atoms with E-state index >= 15 is 0 Å². The zero-order chi connectivity index (χ0) is 14.1. The van der Waals surface area contributed by atoms with Gasteiger partial charge in [-0.15, -0.1) is 0 Å². The van der Waals surface area contributed by atoms with Crippen LogP contribution in [0.2, 0.25) is 0 Å². The standard InChI is InChI=1S/C13H22N2O4/c1-12(11(17)18)4-3-5-15(9-12)10(16)6-19-13(2)7-14-8-13/h14H,3-9H2,1-2H3,(H,17,18). The van der Waals surface area contributed by atoms with Crippen molar-refractivity contribution >= 4 is 11.9 Å². The van der Waals surface area contributed by atoms with Crippen LogP contribution in [0, 0.1) is 5.41 Å². The molecule has 0 bridgehead atoms. The number of piperidine rings is 1. The van der Waals surface area contributed by atoms with Crippen LogP contribution in [0.1, 0.15) is 26.7 Å². The molecule has 0 spiro atoms. The molecule has 0 aromatic heterocycles. The molecule has 108 valence electrons. The number of ether oxygens (including phenoxy) is 1. The van der Waals surface area contributed by atoms with Crippen LogP contribution in [0.3, 0.4) is 0 Å². The molecule has 2 heterocycles. The SMILES string of the molecule is CC1(OCC(=O)N2CCCC(C)(C(=O)O)C2)CNC1. The Balaban J connectivity index is 1.86. The molecular formula is C13H22N2O4. The third kappa shape index (κ3) is 3.06. The second-order valence-electron chi connectivity index (χ2n) is 6.13. The maximum Gasteiger partial charge on any atom is 0.311 e. The van der Waals surface area contributed by atoms with Gasteiger partial charge in [-0.2, -0.15) is 0 Å². The summed E-state index contributed by atoms with van der Waals surface area (Å²) in [5.74, 6) is -0.943. The highest BCUT2D eigenvalue weighted by Gasteiger charge is 2.40. The third-order valence-corrected chi connectivity index (χ3v) is 4.11. The Morgan fingerprint density at radius 1 is 1.37 bits per heavy atom. The Morgan fingerprint density at radius 2 is 2.05 bits per heavy atom. The van der Waals surface area contributed by atoms with Crippen molar-refractivity contribution in [1.82, 2.24) is 10.2 Å². The zero-order valence-corrected chi connectivity index (χ0v) is 11.6. The Hall–Kier alpha value is -1.14. The van der Waals surface area contributed by atoms with Gasteiger partial charge in [-0.25, -0.2) is 0 Å². The van der Waals surface area contributed by atoms with Crippen LogP contribution in [-0.2, 0) is 14.3 Å². The van der Waals surface area contributed by atoms with Crippen molar-refractivity contribution in [3.63, 3.8) is 0 Å². The van der Waals surface area contributed by atoms with E-state index in [9.17, 15) is 14.7 Å². The predicted octanol–water partition coefficient (Wildman–Crippen LogP) is 0.0782. The van der Waals surface area contributed by atoms with E-state index in [0.29, 0.717) is 13.0 Å². The molecule has 2 saturated heterocycles. The van der Waals surface area contributed by atoms with E-state index in [1.165, 1.54) is 0 Å². The lowest BCUT2D eigenvalue weighted by atomic mass is 9.82. The fourth-order valence-corrected chi connectivity index (χ4v) is 2.53. The summed E-state index contributed by atoms with van der Waals surface area (Å²) in [6.07, 6.45) is 1.35. The van der Waals surface area contributed by atoms with Gasteiger partial charge in [0.05, 0.1) is 11.0 Å². The highest BCUT2D eigenvalue weighted by atomic mass is 16.5. The smallest absolute Gasteiger partial charge is 0.311 e. The van der Waals surface area contributed by atoms with Crippen molar-refractivity contribution in [2.75, 3.05) is 32.8 Å². The molecule has 2 aliphatic rings. The van der Waals surface area contributed by atoms with E-state index in [1.807, 2.05) is 6.92 Å². The topological polar surface area (TPSA) is 78.9 Å². The van der Waals surface area contributed by atoms with Crippen molar-refractivity contribution in [3.8, 4) is 0 Å². The molecule has 0 radical (unpaired) electrons. The first kappa shape index (κ1) is 14.3. The van der Waals surface area contributed by atoms with Gasteiger partial charge in [-0.3, -0.25) is 9.59 Å². The fourth-order valence-electron chi connectivity index (χ4n) is 2.53. The first-order chi connectivity index (χ1) is 8.85. The van der Waals surface area contributed by atoms with Gasteiger partial charge in [0.15, 0.2) is 0 Å². The van der Waals surface area contributed by atoms with E-state index in [2.05, 4.69) is 5.32 Å². The molecule has 19 heavy (non-hydrogen) atoms. The highest BCUT2D eigenvalue weighted by Crippen LogP contribution is 2.29.